The maximum absolute atomic E-state index is 11.2. The van der Waals surface area contributed by atoms with E-state index in [9.17, 15) is 20.1 Å². The molecule has 1 saturated carbocycles. The number of hydrogen-bond donors (Lipinski definition) is 3. The molecule has 0 amide bonds. The molecule has 0 heterocycles. The fourth-order valence-corrected chi connectivity index (χ4v) is 3.77. The van der Waals surface area contributed by atoms with Crippen LogP contribution in [0.5, 0.6) is 0 Å². The number of methoxy groups -OCH3 is 1. The summed E-state index contributed by atoms with van der Waals surface area (Å²) in [6, 6.07) is 10.5. The van der Waals surface area contributed by atoms with Crippen LogP contribution in [0.15, 0.2) is 66.2 Å². The first-order valence-electron chi connectivity index (χ1n) is 10.3. The van der Waals surface area contributed by atoms with Crippen molar-refractivity contribution < 1.29 is 24.9 Å². The molecule has 0 saturated heterocycles. The second-order valence-corrected chi connectivity index (χ2v) is 7.49. The van der Waals surface area contributed by atoms with E-state index in [1.54, 1.807) is 6.08 Å². The van der Waals surface area contributed by atoms with E-state index in [1.807, 2.05) is 6.07 Å². The molecule has 158 valence electrons. The molecule has 1 aliphatic rings. The van der Waals surface area contributed by atoms with Gasteiger partial charge in [0.25, 0.3) is 0 Å². The Labute approximate surface area is 173 Å². The number of carbonyl (C=O) groups excluding carboxylic acids is 1. The number of hydrogen-bond acceptors (Lipinski definition) is 5. The molecular weight excluding hydrogens is 368 g/mol. The lowest BCUT2D eigenvalue weighted by molar-refractivity contribution is -0.139. The van der Waals surface area contributed by atoms with Crippen LogP contribution in [0.2, 0.25) is 0 Å². The predicted molar refractivity (Wildman–Crippen MR) is 113 cm³/mol. The van der Waals surface area contributed by atoms with Gasteiger partial charge in [-0.1, -0.05) is 61.1 Å². The standard InChI is InChI=1S/C24H32O5/c1-29-24(28)23(27)22(26)21(25)17-9-16-20-15-8-14-19(20)13-7-3-6-12-18-10-4-2-5-11-18/h2,4-5,7,9-11,13,17,19-21,25-27H,3,6,8,12,14-16H2,1H3/b13-7+,17-9-,23-22+/t19-,20+,21?/m0/s1. The zero-order chi connectivity index (χ0) is 21.1. The highest BCUT2D eigenvalue weighted by atomic mass is 16.5. The summed E-state index contributed by atoms with van der Waals surface area (Å²) >= 11 is 0. The van der Waals surface area contributed by atoms with Gasteiger partial charge in [0.05, 0.1) is 7.11 Å². The number of aliphatic hydroxyl groups is 3. The Hall–Kier alpha value is -2.53. The molecule has 5 nitrogen and oxygen atoms in total. The molecule has 0 radical (unpaired) electrons. The average molecular weight is 401 g/mol. The Bertz CT molecular complexity index is 720. The second kappa shape index (κ2) is 12.1. The third-order valence-electron chi connectivity index (χ3n) is 5.44. The number of rotatable bonds is 10. The van der Waals surface area contributed by atoms with Gasteiger partial charge in [0, 0.05) is 0 Å². The van der Waals surface area contributed by atoms with E-state index in [1.165, 1.54) is 24.5 Å². The first-order valence-corrected chi connectivity index (χ1v) is 10.3. The van der Waals surface area contributed by atoms with Gasteiger partial charge in [-0.15, -0.1) is 0 Å². The summed E-state index contributed by atoms with van der Waals surface area (Å²) in [7, 11) is 1.09. The minimum absolute atomic E-state index is 0.504. The molecule has 1 aliphatic carbocycles. The van der Waals surface area contributed by atoms with Crippen molar-refractivity contribution in [2.24, 2.45) is 11.8 Å². The lowest BCUT2D eigenvalue weighted by atomic mass is 9.92. The lowest BCUT2D eigenvalue weighted by Gasteiger charge is -2.14. The maximum Gasteiger partial charge on any atom is 0.376 e. The van der Waals surface area contributed by atoms with E-state index in [2.05, 4.69) is 41.2 Å². The molecule has 1 fully saturated rings. The molecule has 3 N–H and O–H groups in total. The summed E-state index contributed by atoms with van der Waals surface area (Å²) in [5, 5.41) is 29.1. The van der Waals surface area contributed by atoms with E-state index in [4.69, 9.17) is 0 Å². The quantitative estimate of drug-likeness (QED) is 0.173. The number of allylic oxidation sites excluding steroid dienone is 3. The molecule has 0 aromatic heterocycles. The van der Waals surface area contributed by atoms with Crippen molar-refractivity contribution in [3.05, 3.63) is 71.7 Å². The van der Waals surface area contributed by atoms with Gasteiger partial charge in [0.15, 0.2) is 5.76 Å². The van der Waals surface area contributed by atoms with Gasteiger partial charge in [0.2, 0.25) is 5.76 Å². The molecule has 1 aromatic rings. The molecular formula is C24H32O5. The first-order chi connectivity index (χ1) is 14.0. The van der Waals surface area contributed by atoms with Crippen molar-refractivity contribution in [1.82, 2.24) is 0 Å². The number of aliphatic hydroxyl groups excluding tert-OH is 3. The monoisotopic (exact) mass is 400 g/mol. The fourth-order valence-electron chi connectivity index (χ4n) is 3.77. The summed E-state index contributed by atoms with van der Waals surface area (Å²) in [5.74, 6) is -1.82. The Morgan fingerprint density at radius 2 is 1.97 bits per heavy atom. The summed E-state index contributed by atoms with van der Waals surface area (Å²) in [6.45, 7) is 0. The van der Waals surface area contributed by atoms with Crippen molar-refractivity contribution in [2.75, 3.05) is 7.11 Å². The molecule has 0 spiro atoms. The van der Waals surface area contributed by atoms with Crippen LogP contribution in [0.3, 0.4) is 0 Å². The number of esters is 1. The minimum atomic E-state index is -1.43. The fraction of sp³-hybridized carbons (Fsp3) is 0.458. The van der Waals surface area contributed by atoms with Gasteiger partial charge >= 0.3 is 5.97 Å². The molecule has 1 unspecified atom stereocenters. The van der Waals surface area contributed by atoms with Gasteiger partial charge in [-0.3, -0.25) is 0 Å². The van der Waals surface area contributed by atoms with Crippen molar-refractivity contribution in [3.8, 4) is 0 Å². The van der Waals surface area contributed by atoms with Crippen LogP contribution >= 0.6 is 0 Å². The molecule has 2 rings (SSSR count). The molecule has 0 bridgehead atoms. The third-order valence-corrected chi connectivity index (χ3v) is 5.44. The number of ether oxygens (including phenoxy) is 1. The highest BCUT2D eigenvalue weighted by Crippen LogP contribution is 2.35. The zero-order valence-electron chi connectivity index (χ0n) is 17.0. The van der Waals surface area contributed by atoms with Crippen LogP contribution in [0, 0.1) is 11.8 Å². The van der Waals surface area contributed by atoms with Crippen molar-refractivity contribution >= 4 is 5.97 Å². The van der Waals surface area contributed by atoms with Crippen LogP contribution in [-0.4, -0.2) is 34.5 Å². The zero-order valence-corrected chi connectivity index (χ0v) is 17.0. The molecule has 0 aliphatic heterocycles. The predicted octanol–water partition coefficient (Wildman–Crippen LogP) is 4.79. The molecule has 5 heteroatoms. The van der Waals surface area contributed by atoms with Crippen LogP contribution in [-0.2, 0) is 16.0 Å². The molecule has 3 atom stereocenters. The van der Waals surface area contributed by atoms with E-state index in [0.29, 0.717) is 11.8 Å². The van der Waals surface area contributed by atoms with E-state index in [-0.39, 0.29) is 0 Å². The minimum Gasteiger partial charge on any atom is -0.506 e. The van der Waals surface area contributed by atoms with Crippen LogP contribution < -0.4 is 0 Å². The number of carbonyl (C=O) groups is 1. The molecule has 29 heavy (non-hydrogen) atoms. The van der Waals surface area contributed by atoms with Gasteiger partial charge in [-0.05, 0) is 55.9 Å². The van der Waals surface area contributed by atoms with Gasteiger partial charge in [0.1, 0.15) is 6.10 Å². The summed E-state index contributed by atoms with van der Waals surface area (Å²) in [4.78, 5) is 11.2. The lowest BCUT2D eigenvalue weighted by Crippen LogP contribution is -2.15. The van der Waals surface area contributed by atoms with Crippen molar-refractivity contribution in [3.63, 3.8) is 0 Å². The van der Waals surface area contributed by atoms with Gasteiger partial charge in [-0.25, -0.2) is 4.79 Å². The second-order valence-electron chi connectivity index (χ2n) is 7.49. The largest absolute Gasteiger partial charge is 0.506 e. The van der Waals surface area contributed by atoms with Crippen molar-refractivity contribution in [1.29, 1.82) is 0 Å². The van der Waals surface area contributed by atoms with Crippen molar-refractivity contribution in [2.45, 2.75) is 51.0 Å². The van der Waals surface area contributed by atoms with Crippen LogP contribution in [0.4, 0.5) is 0 Å². The smallest absolute Gasteiger partial charge is 0.376 e. The van der Waals surface area contributed by atoms with E-state index >= 15 is 0 Å². The third kappa shape index (κ3) is 7.42. The van der Waals surface area contributed by atoms with Crippen LogP contribution in [0.25, 0.3) is 0 Å². The number of aryl methyl sites for hydroxylation is 1. The maximum atomic E-state index is 11.2. The van der Waals surface area contributed by atoms with E-state index in [0.717, 1.165) is 39.2 Å². The summed E-state index contributed by atoms with van der Waals surface area (Å²) in [6.07, 6.45) is 14.0. The Kier molecular flexibility index (Phi) is 9.51. The van der Waals surface area contributed by atoms with Gasteiger partial charge < -0.3 is 20.1 Å². The normalized spacial score (nSPS) is 21.4. The number of unbranched alkanes of at least 4 members (excludes halogenated alkanes) is 1. The molecule has 1 aromatic carbocycles. The highest BCUT2D eigenvalue weighted by Gasteiger charge is 2.24. The Morgan fingerprint density at radius 3 is 2.69 bits per heavy atom. The highest BCUT2D eigenvalue weighted by molar-refractivity contribution is 5.86. The van der Waals surface area contributed by atoms with E-state index < -0.39 is 23.6 Å². The topological polar surface area (TPSA) is 87.0 Å². The SMILES string of the molecule is COC(=O)/C(O)=C(\O)C(O)/C=C\C[C@H]1CCC[C@@H]1/C=C/CCCc1ccccc1. The van der Waals surface area contributed by atoms with Gasteiger partial charge in [-0.2, -0.15) is 0 Å². The first kappa shape index (κ1) is 22.8. The average Bonchev–Trinajstić information content (AvgIpc) is 3.19. The Morgan fingerprint density at radius 1 is 1.21 bits per heavy atom. The summed E-state index contributed by atoms with van der Waals surface area (Å²) in [5.41, 5.74) is 1.37. The Balaban J connectivity index is 1.77. The summed E-state index contributed by atoms with van der Waals surface area (Å²) < 4.78 is 4.31. The number of benzene rings is 1. The van der Waals surface area contributed by atoms with Crippen LogP contribution in [0.1, 0.15) is 44.1 Å².